The molecule has 2 fully saturated rings. The van der Waals surface area contributed by atoms with E-state index in [9.17, 15) is 0 Å². The van der Waals surface area contributed by atoms with Gasteiger partial charge in [-0.25, -0.2) is 0 Å². The van der Waals surface area contributed by atoms with Gasteiger partial charge in [0.1, 0.15) is 0 Å². The lowest BCUT2D eigenvalue weighted by Gasteiger charge is -2.38. The van der Waals surface area contributed by atoms with Crippen LogP contribution in [0.5, 0.6) is 0 Å². The molecule has 1 saturated heterocycles. The second-order valence-electron chi connectivity index (χ2n) is 7.07. The minimum atomic E-state index is 0.734. The second-order valence-corrected chi connectivity index (χ2v) is 7.07. The monoisotopic (exact) mass is 252 g/mol. The predicted molar refractivity (Wildman–Crippen MR) is 78.8 cm³/mol. The van der Waals surface area contributed by atoms with Crippen molar-refractivity contribution in [2.75, 3.05) is 26.7 Å². The molecular formula is C16H32N2. The summed E-state index contributed by atoms with van der Waals surface area (Å²) in [5, 5.41) is 3.86. The maximum absolute atomic E-state index is 3.86. The molecule has 1 N–H and O–H groups in total. The minimum Gasteiger partial charge on any atom is -0.312 e. The molecule has 2 atom stereocenters. The molecule has 2 aliphatic rings. The smallest absolute Gasteiger partial charge is 0.0198 e. The van der Waals surface area contributed by atoms with Crippen molar-refractivity contribution in [2.24, 2.45) is 17.8 Å². The summed E-state index contributed by atoms with van der Waals surface area (Å²) in [6, 6.07) is 0.734. The van der Waals surface area contributed by atoms with Gasteiger partial charge in [-0.3, -0.25) is 0 Å². The zero-order valence-electron chi connectivity index (χ0n) is 12.6. The number of nitrogens with one attached hydrogen (secondary N) is 1. The van der Waals surface area contributed by atoms with E-state index in [-0.39, 0.29) is 0 Å². The van der Waals surface area contributed by atoms with Gasteiger partial charge in [-0.05, 0) is 50.6 Å². The van der Waals surface area contributed by atoms with Crippen molar-refractivity contribution in [3.8, 4) is 0 Å². The van der Waals surface area contributed by atoms with Gasteiger partial charge >= 0.3 is 0 Å². The number of likely N-dealkylation sites (tertiary alicyclic amines) is 1. The highest BCUT2D eigenvalue weighted by atomic mass is 15.1. The Morgan fingerprint density at radius 3 is 2.50 bits per heavy atom. The van der Waals surface area contributed by atoms with Gasteiger partial charge in [0.05, 0.1) is 0 Å². The second kappa shape index (κ2) is 6.91. The van der Waals surface area contributed by atoms with E-state index in [2.05, 4.69) is 31.1 Å². The van der Waals surface area contributed by atoms with Crippen molar-refractivity contribution in [1.82, 2.24) is 10.2 Å². The lowest BCUT2D eigenvalue weighted by Crippen LogP contribution is -2.49. The molecular weight excluding hydrogens is 220 g/mol. The van der Waals surface area contributed by atoms with Crippen LogP contribution in [0.25, 0.3) is 0 Å². The van der Waals surface area contributed by atoms with Crippen LogP contribution in [0.3, 0.4) is 0 Å². The van der Waals surface area contributed by atoms with Crippen LogP contribution in [0.4, 0.5) is 0 Å². The molecule has 106 valence electrons. The Morgan fingerprint density at radius 1 is 1.11 bits per heavy atom. The molecule has 1 aliphatic heterocycles. The van der Waals surface area contributed by atoms with E-state index in [4.69, 9.17) is 0 Å². The van der Waals surface area contributed by atoms with Crippen LogP contribution in [0.1, 0.15) is 52.4 Å². The first-order valence-electron chi connectivity index (χ1n) is 8.07. The topological polar surface area (TPSA) is 15.3 Å². The van der Waals surface area contributed by atoms with Gasteiger partial charge in [-0.15, -0.1) is 0 Å². The summed E-state index contributed by atoms with van der Waals surface area (Å²) in [6.07, 6.45) is 8.70. The summed E-state index contributed by atoms with van der Waals surface area (Å²) in [5.41, 5.74) is 0. The van der Waals surface area contributed by atoms with E-state index in [1.165, 1.54) is 58.2 Å². The number of nitrogens with zero attached hydrogens (tertiary/aromatic N) is 1. The van der Waals surface area contributed by atoms with E-state index >= 15 is 0 Å². The van der Waals surface area contributed by atoms with Gasteiger partial charge in [0, 0.05) is 19.1 Å². The standard InChI is InChI=1S/C16H32N2/c1-13(2)15-9-16(12-18(3)11-15)17-10-14-7-5-4-6-8-14/h13-17H,4-12H2,1-3H3. The van der Waals surface area contributed by atoms with Crippen LogP contribution in [0.15, 0.2) is 0 Å². The molecule has 0 aromatic carbocycles. The minimum absolute atomic E-state index is 0.734. The molecule has 2 unspecified atom stereocenters. The summed E-state index contributed by atoms with van der Waals surface area (Å²) in [4.78, 5) is 2.52. The highest BCUT2D eigenvalue weighted by Gasteiger charge is 2.27. The van der Waals surface area contributed by atoms with Gasteiger partial charge in [-0.1, -0.05) is 33.1 Å². The van der Waals surface area contributed by atoms with Gasteiger partial charge in [0.2, 0.25) is 0 Å². The SMILES string of the molecule is CC(C)C1CC(NCC2CCCCC2)CN(C)C1. The molecule has 0 radical (unpaired) electrons. The number of likely N-dealkylation sites (N-methyl/N-ethyl adjacent to an activating group) is 1. The molecule has 2 nitrogen and oxygen atoms in total. The van der Waals surface area contributed by atoms with E-state index in [0.717, 1.165) is 23.8 Å². The van der Waals surface area contributed by atoms with Crippen LogP contribution < -0.4 is 5.32 Å². The molecule has 1 heterocycles. The Kier molecular flexibility index (Phi) is 5.50. The Morgan fingerprint density at radius 2 is 1.83 bits per heavy atom. The molecule has 2 heteroatoms. The number of piperidine rings is 1. The fraction of sp³-hybridized carbons (Fsp3) is 1.00. The van der Waals surface area contributed by atoms with Crippen molar-refractivity contribution in [3.63, 3.8) is 0 Å². The lowest BCUT2D eigenvalue weighted by atomic mass is 9.85. The lowest BCUT2D eigenvalue weighted by molar-refractivity contribution is 0.135. The van der Waals surface area contributed by atoms with Crippen LogP contribution in [-0.4, -0.2) is 37.6 Å². The zero-order chi connectivity index (χ0) is 13.0. The molecule has 0 bridgehead atoms. The number of rotatable bonds is 4. The van der Waals surface area contributed by atoms with E-state index in [1.54, 1.807) is 0 Å². The molecule has 0 amide bonds. The highest BCUT2D eigenvalue weighted by molar-refractivity contribution is 4.84. The average Bonchev–Trinajstić information content (AvgIpc) is 2.37. The molecule has 2 rings (SSSR count). The van der Waals surface area contributed by atoms with Gasteiger partial charge in [0.15, 0.2) is 0 Å². The zero-order valence-corrected chi connectivity index (χ0v) is 12.6. The van der Waals surface area contributed by atoms with Crippen molar-refractivity contribution in [2.45, 2.75) is 58.4 Å². The molecule has 18 heavy (non-hydrogen) atoms. The fourth-order valence-corrected chi connectivity index (χ4v) is 3.72. The third-order valence-electron chi connectivity index (χ3n) is 5.03. The maximum atomic E-state index is 3.86. The van der Waals surface area contributed by atoms with Gasteiger partial charge in [0.25, 0.3) is 0 Å². The summed E-state index contributed by atoms with van der Waals surface area (Å²) in [7, 11) is 2.28. The number of hydrogen-bond acceptors (Lipinski definition) is 2. The largest absolute Gasteiger partial charge is 0.312 e. The third kappa shape index (κ3) is 4.24. The highest BCUT2D eigenvalue weighted by Crippen LogP contribution is 2.25. The maximum Gasteiger partial charge on any atom is 0.0198 e. The third-order valence-corrected chi connectivity index (χ3v) is 5.03. The molecule has 1 saturated carbocycles. The Hall–Kier alpha value is -0.0800. The summed E-state index contributed by atoms with van der Waals surface area (Å²) in [6.45, 7) is 8.56. The summed E-state index contributed by atoms with van der Waals surface area (Å²) in [5.74, 6) is 2.67. The van der Waals surface area contributed by atoms with Gasteiger partial charge < -0.3 is 10.2 Å². The summed E-state index contributed by atoms with van der Waals surface area (Å²) < 4.78 is 0. The van der Waals surface area contributed by atoms with Gasteiger partial charge in [-0.2, -0.15) is 0 Å². The molecule has 1 aliphatic carbocycles. The van der Waals surface area contributed by atoms with E-state index in [1.807, 2.05) is 0 Å². The van der Waals surface area contributed by atoms with Crippen LogP contribution in [0, 0.1) is 17.8 Å². The van der Waals surface area contributed by atoms with Crippen molar-refractivity contribution in [3.05, 3.63) is 0 Å². The molecule has 0 aromatic heterocycles. The first kappa shape index (κ1) is 14.3. The Balaban J connectivity index is 1.73. The van der Waals surface area contributed by atoms with Crippen molar-refractivity contribution >= 4 is 0 Å². The average molecular weight is 252 g/mol. The first-order chi connectivity index (χ1) is 8.65. The quantitative estimate of drug-likeness (QED) is 0.827. The molecule has 0 aromatic rings. The van der Waals surface area contributed by atoms with Crippen molar-refractivity contribution < 1.29 is 0 Å². The van der Waals surface area contributed by atoms with E-state index in [0.29, 0.717) is 0 Å². The van der Waals surface area contributed by atoms with Crippen molar-refractivity contribution in [1.29, 1.82) is 0 Å². The molecule has 0 spiro atoms. The van der Waals surface area contributed by atoms with E-state index < -0.39 is 0 Å². The van der Waals surface area contributed by atoms with Crippen LogP contribution >= 0.6 is 0 Å². The van der Waals surface area contributed by atoms with Crippen LogP contribution in [-0.2, 0) is 0 Å². The normalized spacial score (nSPS) is 32.0. The Labute approximate surface area is 114 Å². The predicted octanol–water partition coefficient (Wildman–Crippen LogP) is 3.13. The number of hydrogen-bond donors (Lipinski definition) is 1. The van der Waals surface area contributed by atoms with Crippen LogP contribution in [0.2, 0.25) is 0 Å². The fourth-order valence-electron chi connectivity index (χ4n) is 3.72. The Bertz CT molecular complexity index is 233. The summed E-state index contributed by atoms with van der Waals surface area (Å²) >= 11 is 0. The first-order valence-corrected chi connectivity index (χ1v) is 8.07.